The molecular formula is C9H8ClN5O. The Hall–Kier alpha value is -2.26. The first-order chi connectivity index (χ1) is 7.52. The molecule has 16 heavy (non-hydrogen) atoms. The van der Waals surface area contributed by atoms with E-state index >= 15 is 0 Å². The molecule has 0 aliphatic rings. The summed E-state index contributed by atoms with van der Waals surface area (Å²) in [6, 6.07) is 5.61. The second-order valence-corrected chi connectivity index (χ2v) is 3.18. The van der Waals surface area contributed by atoms with Gasteiger partial charge in [-0.1, -0.05) is 11.6 Å². The molecule has 0 saturated heterocycles. The zero-order valence-electron chi connectivity index (χ0n) is 8.07. The Bertz CT molecular complexity index is 487. The number of aliphatic imine (C=N–C) groups is 1. The number of carbonyl (C=O) groups excluding carboxylic acids is 1. The number of nitrogens with one attached hydrogen (secondary N) is 1. The molecule has 5 N–H and O–H groups in total. The highest BCUT2D eigenvalue weighted by molar-refractivity contribution is 6.31. The maximum atomic E-state index is 11.1. The summed E-state index contributed by atoms with van der Waals surface area (Å²) in [7, 11) is 0. The van der Waals surface area contributed by atoms with Gasteiger partial charge in [-0.05, 0) is 18.2 Å². The predicted octanol–water partition coefficient (Wildman–Crippen LogP) is 1.02. The predicted molar refractivity (Wildman–Crippen MR) is 61.0 cm³/mol. The zero-order chi connectivity index (χ0) is 12.1. The normalized spacial score (nSPS) is 9.00. The lowest BCUT2D eigenvalue weighted by Gasteiger charge is -2.02. The Morgan fingerprint density at radius 1 is 1.50 bits per heavy atom. The number of anilines is 1. The van der Waals surface area contributed by atoms with Crippen molar-refractivity contribution in [2.75, 3.05) is 5.32 Å². The molecule has 0 heterocycles. The summed E-state index contributed by atoms with van der Waals surface area (Å²) in [6.07, 6.45) is 0. The van der Waals surface area contributed by atoms with Gasteiger partial charge in [0.1, 0.15) is 6.07 Å². The molecule has 0 aliphatic heterocycles. The van der Waals surface area contributed by atoms with Crippen molar-refractivity contribution in [3.05, 3.63) is 28.8 Å². The van der Waals surface area contributed by atoms with Gasteiger partial charge in [0.2, 0.25) is 0 Å². The van der Waals surface area contributed by atoms with Gasteiger partial charge in [-0.2, -0.15) is 10.3 Å². The smallest absolute Gasteiger partial charge is 0.348 e. The summed E-state index contributed by atoms with van der Waals surface area (Å²) in [6.45, 7) is 0. The number of hydrogen-bond donors (Lipinski definition) is 3. The van der Waals surface area contributed by atoms with Crippen molar-refractivity contribution in [1.82, 2.24) is 0 Å². The highest BCUT2D eigenvalue weighted by atomic mass is 35.5. The number of hydrogen-bond acceptors (Lipinski definition) is 2. The highest BCUT2D eigenvalue weighted by Gasteiger charge is 2.04. The number of amides is 2. The van der Waals surface area contributed by atoms with Gasteiger partial charge in [-0.25, -0.2) is 4.79 Å². The van der Waals surface area contributed by atoms with E-state index in [2.05, 4.69) is 10.3 Å². The second kappa shape index (κ2) is 5.00. The van der Waals surface area contributed by atoms with Crippen LogP contribution in [0.3, 0.4) is 0 Å². The SMILES string of the molecule is N#Cc1cc(NC(=O)N=C(N)N)ccc1Cl. The average molecular weight is 238 g/mol. The minimum Gasteiger partial charge on any atom is -0.370 e. The minimum absolute atomic E-state index is 0.254. The number of urea groups is 1. The van der Waals surface area contributed by atoms with E-state index in [-0.39, 0.29) is 11.5 Å². The maximum Gasteiger partial charge on any atom is 0.348 e. The third kappa shape index (κ3) is 3.15. The van der Waals surface area contributed by atoms with Crippen molar-refractivity contribution in [2.24, 2.45) is 16.5 Å². The fourth-order valence-corrected chi connectivity index (χ4v) is 1.12. The van der Waals surface area contributed by atoms with Gasteiger partial charge >= 0.3 is 6.03 Å². The number of benzene rings is 1. The quantitative estimate of drug-likeness (QED) is 0.499. The molecule has 7 heteroatoms. The highest BCUT2D eigenvalue weighted by Crippen LogP contribution is 2.19. The van der Waals surface area contributed by atoms with Crippen molar-refractivity contribution in [3.8, 4) is 6.07 Å². The molecular weight excluding hydrogens is 230 g/mol. The van der Waals surface area contributed by atoms with Crippen LogP contribution < -0.4 is 16.8 Å². The molecule has 0 aliphatic carbocycles. The summed E-state index contributed by atoms with van der Waals surface area (Å²) in [5.41, 5.74) is 10.7. The van der Waals surface area contributed by atoms with Gasteiger partial charge in [-0.3, -0.25) is 0 Å². The van der Waals surface area contributed by atoms with Crippen LogP contribution in [0, 0.1) is 11.3 Å². The molecule has 0 fully saturated rings. The fraction of sp³-hybridized carbons (Fsp3) is 0. The van der Waals surface area contributed by atoms with Crippen LogP contribution >= 0.6 is 11.6 Å². The van der Waals surface area contributed by atoms with Crippen LogP contribution in [0.5, 0.6) is 0 Å². The fourth-order valence-electron chi connectivity index (χ4n) is 0.957. The van der Waals surface area contributed by atoms with Crippen molar-refractivity contribution in [1.29, 1.82) is 5.26 Å². The van der Waals surface area contributed by atoms with Gasteiger partial charge in [0.15, 0.2) is 5.96 Å². The van der Waals surface area contributed by atoms with Crippen LogP contribution in [-0.4, -0.2) is 12.0 Å². The molecule has 1 aromatic carbocycles. The second-order valence-electron chi connectivity index (χ2n) is 2.77. The van der Waals surface area contributed by atoms with E-state index in [9.17, 15) is 4.79 Å². The Kier molecular flexibility index (Phi) is 3.69. The first kappa shape index (κ1) is 11.8. The number of nitriles is 1. The Balaban J connectivity index is 2.88. The summed E-state index contributed by atoms with van der Waals surface area (Å²) >= 11 is 5.71. The minimum atomic E-state index is -0.716. The molecule has 0 bridgehead atoms. The van der Waals surface area contributed by atoms with Gasteiger partial charge in [0.05, 0.1) is 10.6 Å². The number of guanidine groups is 1. The molecule has 0 aromatic heterocycles. The van der Waals surface area contributed by atoms with Gasteiger partial charge in [0.25, 0.3) is 0 Å². The molecule has 0 unspecified atom stereocenters. The topological polar surface area (TPSA) is 117 Å². The molecule has 82 valence electrons. The van der Waals surface area contributed by atoms with Gasteiger partial charge < -0.3 is 16.8 Å². The lowest BCUT2D eigenvalue weighted by Crippen LogP contribution is -2.25. The molecule has 2 amide bonds. The third-order valence-corrected chi connectivity index (χ3v) is 1.90. The van der Waals surface area contributed by atoms with E-state index in [1.807, 2.05) is 6.07 Å². The largest absolute Gasteiger partial charge is 0.370 e. The summed E-state index contributed by atoms with van der Waals surface area (Å²) in [4.78, 5) is 14.4. The zero-order valence-corrected chi connectivity index (χ0v) is 8.82. The average Bonchev–Trinajstić information content (AvgIpc) is 2.19. The number of halogens is 1. The molecule has 6 nitrogen and oxygen atoms in total. The first-order valence-electron chi connectivity index (χ1n) is 4.13. The van der Waals surface area contributed by atoms with E-state index in [4.69, 9.17) is 28.3 Å². The van der Waals surface area contributed by atoms with E-state index in [1.54, 1.807) is 0 Å². The molecule has 0 saturated carbocycles. The number of rotatable bonds is 1. The van der Waals surface area contributed by atoms with Crippen molar-refractivity contribution in [2.45, 2.75) is 0 Å². The van der Waals surface area contributed by atoms with E-state index in [0.717, 1.165) is 0 Å². The molecule has 0 radical (unpaired) electrons. The lowest BCUT2D eigenvalue weighted by atomic mass is 10.2. The van der Waals surface area contributed by atoms with Crippen molar-refractivity contribution < 1.29 is 4.79 Å². The molecule has 0 atom stereocenters. The van der Waals surface area contributed by atoms with Crippen molar-refractivity contribution >= 4 is 29.3 Å². The number of carbonyl (C=O) groups is 1. The number of nitrogens with two attached hydrogens (primary N) is 2. The van der Waals surface area contributed by atoms with E-state index in [1.165, 1.54) is 18.2 Å². The van der Waals surface area contributed by atoms with Crippen LogP contribution in [-0.2, 0) is 0 Å². The van der Waals surface area contributed by atoms with Crippen LogP contribution in [0.4, 0.5) is 10.5 Å². The van der Waals surface area contributed by atoms with Crippen LogP contribution in [0.1, 0.15) is 5.56 Å². The Labute approximate surface area is 96.5 Å². The monoisotopic (exact) mass is 237 g/mol. The van der Waals surface area contributed by atoms with E-state index in [0.29, 0.717) is 10.7 Å². The van der Waals surface area contributed by atoms with E-state index < -0.39 is 6.03 Å². The molecule has 0 spiro atoms. The standard InChI is InChI=1S/C9H8ClN5O/c10-7-2-1-6(3-5(7)4-11)14-9(16)15-8(12)13/h1-3H,(H5,12,13,14,15,16). The Morgan fingerprint density at radius 2 is 2.19 bits per heavy atom. The van der Waals surface area contributed by atoms with Crippen LogP contribution in [0.2, 0.25) is 5.02 Å². The van der Waals surface area contributed by atoms with Crippen LogP contribution in [0.15, 0.2) is 23.2 Å². The van der Waals surface area contributed by atoms with Gasteiger partial charge in [-0.15, -0.1) is 0 Å². The van der Waals surface area contributed by atoms with Gasteiger partial charge in [0, 0.05) is 5.69 Å². The summed E-state index contributed by atoms with van der Waals surface area (Å²) < 4.78 is 0. The Morgan fingerprint density at radius 3 is 2.75 bits per heavy atom. The maximum absolute atomic E-state index is 11.1. The van der Waals surface area contributed by atoms with Crippen LogP contribution in [0.25, 0.3) is 0 Å². The number of nitrogens with zero attached hydrogens (tertiary/aromatic N) is 2. The third-order valence-electron chi connectivity index (χ3n) is 1.57. The molecule has 1 aromatic rings. The molecule has 1 rings (SSSR count). The first-order valence-corrected chi connectivity index (χ1v) is 4.51. The summed E-state index contributed by atoms with van der Waals surface area (Å²) in [5.74, 6) is -0.341. The lowest BCUT2D eigenvalue weighted by molar-refractivity contribution is 0.259. The summed E-state index contributed by atoms with van der Waals surface area (Å²) in [5, 5.41) is 11.4. The van der Waals surface area contributed by atoms with Crippen molar-refractivity contribution in [3.63, 3.8) is 0 Å².